The Morgan fingerprint density at radius 3 is 2.82 bits per heavy atom. The lowest BCUT2D eigenvalue weighted by molar-refractivity contribution is -0.113. The Labute approximate surface area is 171 Å². The first-order chi connectivity index (χ1) is 13.5. The molecule has 8 nitrogen and oxygen atoms in total. The third-order valence-electron chi connectivity index (χ3n) is 3.91. The van der Waals surface area contributed by atoms with E-state index in [0.29, 0.717) is 39.7 Å². The van der Waals surface area contributed by atoms with Gasteiger partial charge in [-0.1, -0.05) is 23.4 Å². The largest absolute Gasteiger partial charge is 0.495 e. The van der Waals surface area contributed by atoms with Crippen LogP contribution in [0.2, 0.25) is 5.02 Å². The maximum absolute atomic E-state index is 12.4. The van der Waals surface area contributed by atoms with Crippen LogP contribution in [-0.4, -0.2) is 43.5 Å². The van der Waals surface area contributed by atoms with Crippen LogP contribution in [-0.2, 0) is 11.3 Å². The predicted octanol–water partition coefficient (Wildman–Crippen LogP) is 3.46. The average molecular weight is 419 g/mol. The van der Waals surface area contributed by atoms with Gasteiger partial charge in [-0.05, 0) is 25.5 Å². The third kappa shape index (κ3) is 4.42. The number of nitrogens with one attached hydrogen (secondary N) is 1. The van der Waals surface area contributed by atoms with Crippen molar-refractivity contribution in [2.75, 3.05) is 18.2 Å². The minimum atomic E-state index is -0.184. The fourth-order valence-electron chi connectivity index (χ4n) is 2.53. The van der Waals surface area contributed by atoms with Gasteiger partial charge < -0.3 is 14.6 Å². The van der Waals surface area contributed by atoms with Gasteiger partial charge in [0.15, 0.2) is 11.0 Å². The van der Waals surface area contributed by atoms with Crippen molar-refractivity contribution in [1.82, 2.24) is 24.7 Å². The number of halogens is 1. The van der Waals surface area contributed by atoms with Gasteiger partial charge in [0.05, 0.1) is 24.7 Å². The van der Waals surface area contributed by atoms with Crippen LogP contribution < -0.4 is 10.1 Å². The molecule has 28 heavy (non-hydrogen) atoms. The molecule has 1 amide bonds. The van der Waals surface area contributed by atoms with Crippen molar-refractivity contribution in [2.45, 2.75) is 25.5 Å². The quantitative estimate of drug-likeness (QED) is 0.587. The summed E-state index contributed by atoms with van der Waals surface area (Å²) in [5, 5.41) is 12.4. The summed E-state index contributed by atoms with van der Waals surface area (Å²) in [6.45, 7) is 4.49. The molecule has 146 valence electrons. The van der Waals surface area contributed by atoms with Crippen LogP contribution >= 0.6 is 23.4 Å². The summed E-state index contributed by atoms with van der Waals surface area (Å²) in [6, 6.07) is 3.46. The smallest absolute Gasteiger partial charge is 0.234 e. The third-order valence-corrected chi connectivity index (χ3v) is 5.29. The number of nitrogens with zero attached hydrogens (tertiary/aromatic N) is 5. The van der Waals surface area contributed by atoms with Crippen LogP contribution in [0.25, 0.3) is 11.5 Å². The Morgan fingerprint density at radius 1 is 1.32 bits per heavy atom. The molecule has 0 saturated heterocycles. The molecule has 0 aliphatic carbocycles. The summed E-state index contributed by atoms with van der Waals surface area (Å²) in [4.78, 5) is 20.7. The van der Waals surface area contributed by atoms with Crippen LogP contribution in [0.15, 0.2) is 35.9 Å². The maximum Gasteiger partial charge on any atom is 0.234 e. The van der Waals surface area contributed by atoms with E-state index in [0.717, 1.165) is 5.56 Å². The summed E-state index contributed by atoms with van der Waals surface area (Å²) in [7, 11) is 1.53. The maximum atomic E-state index is 12.4. The van der Waals surface area contributed by atoms with E-state index in [1.54, 1.807) is 30.7 Å². The van der Waals surface area contributed by atoms with Crippen LogP contribution in [0, 0.1) is 6.92 Å². The van der Waals surface area contributed by atoms with Gasteiger partial charge in [-0.25, -0.2) is 4.98 Å². The average Bonchev–Trinajstić information content (AvgIpc) is 3.12. The van der Waals surface area contributed by atoms with Gasteiger partial charge in [-0.3, -0.25) is 9.78 Å². The van der Waals surface area contributed by atoms with E-state index < -0.39 is 0 Å². The minimum Gasteiger partial charge on any atom is -0.495 e. The molecule has 2 heterocycles. The van der Waals surface area contributed by atoms with E-state index in [9.17, 15) is 4.79 Å². The van der Waals surface area contributed by atoms with Crippen molar-refractivity contribution >= 4 is 35.0 Å². The Kier molecular flexibility index (Phi) is 6.48. The number of anilines is 1. The van der Waals surface area contributed by atoms with Gasteiger partial charge in [0, 0.05) is 30.0 Å². The molecule has 0 aliphatic rings. The number of hydrogen-bond donors (Lipinski definition) is 1. The predicted molar refractivity (Wildman–Crippen MR) is 109 cm³/mol. The molecule has 0 radical (unpaired) electrons. The SMILES string of the molecule is CCn1c(SCC(=O)Nc2cc(C)c(Cl)cc2OC)nnc1-c1cnccn1. The second kappa shape index (κ2) is 9.03. The van der Waals surface area contributed by atoms with Crippen molar-refractivity contribution in [2.24, 2.45) is 0 Å². The molecule has 0 saturated carbocycles. The first-order valence-corrected chi connectivity index (χ1v) is 9.86. The number of carbonyl (C=O) groups is 1. The molecule has 0 spiro atoms. The summed E-state index contributed by atoms with van der Waals surface area (Å²) in [5.41, 5.74) is 2.06. The van der Waals surface area contributed by atoms with Gasteiger partial charge in [0.2, 0.25) is 5.91 Å². The molecule has 3 aromatic rings. The number of aryl methyl sites for hydroxylation is 1. The van der Waals surface area contributed by atoms with Crippen LogP contribution in [0.5, 0.6) is 5.75 Å². The fourth-order valence-corrected chi connectivity index (χ4v) is 3.49. The van der Waals surface area contributed by atoms with Gasteiger partial charge in [0.25, 0.3) is 0 Å². The highest BCUT2D eigenvalue weighted by Gasteiger charge is 2.16. The van der Waals surface area contributed by atoms with Crippen LogP contribution in [0.3, 0.4) is 0 Å². The summed E-state index contributed by atoms with van der Waals surface area (Å²) < 4.78 is 7.19. The zero-order chi connectivity index (χ0) is 20.1. The Morgan fingerprint density at radius 2 is 2.14 bits per heavy atom. The van der Waals surface area contributed by atoms with Gasteiger partial charge in [0.1, 0.15) is 11.4 Å². The summed E-state index contributed by atoms with van der Waals surface area (Å²) in [6.07, 6.45) is 4.83. The first-order valence-electron chi connectivity index (χ1n) is 8.49. The van der Waals surface area contributed by atoms with Gasteiger partial charge in [-0.2, -0.15) is 0 Å². The standard InChI is InChI=1S/C18H19ClN6O2S/c1-4-25-17(14-9-20-5-6-21-14)23-24-18(25)28-10-16(26)22-13-7-11(2)12(19)8-15(13)27-3/h5-9H,4,10H2,1-3H3,(H,22,26). The van der Waals surface area contributed by atoms with E-state index in [4.69, 9.17) is 16.3 Å². The molecule has 2 aromatic heterocycles. The van der Waals surface area contributed by atoms with E-state index in [1.807, 2.05) is 18.4 Å². The number of methoxy groups -OCH3 is 1. The number of ether oxygens (including phenoxy) is 1. The van der Waals surface area contributed by atoms with Crippen LogP contribution in [0.1, 0.15) is 12.5 Å². The normalized spacial score (nSPS) is 10.7. The highest BCUT2D eigenvalue weighted by atomic mass is 35.5. The number of benzene rings is 1. The minimum absolute atomic E-state index is 0.170. The summed E-state index contributed by atoms with van der Waals surface area (Å²) in [5.74, 6) is 1.12. The van der Waals surface area contributed by atoms with Crippen molar-refractivity contribution in [3.8, 4) is 17.3 Å². The number of rotatable bonds is 7. The second-order valence-corrected chi connectivity index (χ2v) is 7.13. The highest BCUT2D eigenvalue weighted by molar-refractivity contribution is 7.99. The highest BCUT2D eigenvalue weighted by Crippen LogP contribution is 2.31. The van der Waals surface area contributed by atoms with E-state index in [1.165, 1.54) is 18.9 Å². The molecule has 1 N–H and O–H groups in total. The van der Waals surface area contributed by atoms with Crippen molar-refractivity contribution in [1.29, 1.82) is 0 Å². The van der Waals surface area contributed by atoms with Crippen molar-refractivity contribution < 1.29 is 9.53 Å². The molecule has 1 aromatic carbocycles. The van der Waals surface area contributed by atoms with E-state index >= 15 is 0 Å². The molecule has 0 fully saturated rings. The number of carbonyl (C=O) groups excluding carboxylic acids is 1. The van der Waals surface area contributed by atoms with Gasteiger partial charge in [-0.15, -0.1) is 10.2 Å². The summed E-state index contributed by atoms with van der Waals surface area (Å²) >= 11 is 7.40. The topological polar surface area (TPSA) is 94.8 Å². The zero-order valence-electron chi connectivity index (χ0n) is 15.6. The Bertz CT molecular complexity index is 980. The molecule has 3 rings (SSSR count). The number of amides is 1. The lowest BCUT2D eigenvalue weighted by atomic mass is 10.2. The molecular formula is C18H19ClN6O2S. The zero-order valence-corrected chi connectivity index (χ0v) is 17.2. The molecule has 10 heteroatoms. The Hall–Kier alpha value is -2.65. The lowest BCUT2D eigenvalue weighted by Gasteiger charge is -2.12. The lowest BCUT2D eigenvalue weighted by Crippen LogP contribution is -2.15. The Balaban J connectivity index is 1.70. The second-order valence-electron chi connectivity index (χ2n) is 5.78. The molecule has 0 atom stereocenters. The monoisotopic (exact) mass is 418 g/mol. The van der Waals surface area contributed by atoms with Crippen molar-refractivity contribution in [3.63, 3.8) is 0 Å². The fraction of sp³-hybridized carbons (Fsp3) is 0.278. The first kappa shape index (κ1) is 20.1. The van der Waals surface area contributed by atoms with E-state index in [-0.39, 0.29) is 11.7 Å². The van der Waals surface area contributed by atoms with Crippen molar-refractivity contribution in [3.05, 3.63) is 41.3 Å². The number of aromatic nitrogens is 5. The number of thioether (sulfide) groups is 1. The molecule has 0 bridgehead atoms. The molecule has 0 unspecified atom stereocenters. The van der Waals surface area contributed by atoms with E-state index in [2.05, 4.69) is 25.5 Å². The van der Waals surface area contributed by atoms with Gasteiger partial charge >= 0.3 is 0 Å². The molecular weight excluding hydrogens is 400 g/mol. The van der Waals surface area contributed by atoms with Crippen LogP contribution in [0.4, 0.5) is 5.69 Å². The number of hydrogen-bond acceptors (Lipinski definition) is 7. The molecule has 0 aliphatic heterocycles.